The van der Waals surface area contributed by atoms with E-state index in [0.29, 0.717) is 12.1 Å². The maximum atomic E-state index is 4.12. The first-order valence-electron chi connectivity index (χ1n) is 9.24. The fourth-order valence-electron chi connectivity index (χ4n) is 4.65. The minimum Gasteiger partial charge on any atom is -0.381 e. The smallest absolute Gasteiger partial charge is 0.0651 e. The second kappa shape index (κ2) is 5.88. The van der Waals surface area contributed by atoms with Gasteiger partial charge in [-0.15, -0.1) is 0 Å². The number of rotatable bonds is 4. The minimum atomic E-state index is 0.550. The number of hydrogen-bond acceptors (Lipinski definition) is 3. The summed E-state index contributed by atoms with van der Waals surface area (Å²) in [6.45, 7) is 4.47. The van der Waals surface area contributed by atoms with Crippen LogP contribution >= 0.6 is 0 Å². The fourth-order valence-corrected chi connectivity index (χ4v) is 4.65. The van der Waals surface area contributed by atoms with E-state index < -0.39 is 0 Å². The topological polar surface area (TPSA) is 44.0 Å². The molecule has 1 saturated heterocycles. The summed E-state index contributed by atoms with van der Waals surface area (Å²) >= 11 is 0. The van der Waals surface area contributed by atoms with Crippen molar-refractivity contribution in [2.24, 2.45) is 5.92 Å². The summed E-state index contributed by atoms with van der Waals surface area (Å²) in [5.74, 6) is 0.839. The van der Waals surface area contributed by atoms with Gasteiger partial charge in [-0.25, -0.2) is 0 Å². The molecule has 4 heteroatoms. The molecule has 2 N–H and O–H groups in total. The molecule has 3 aromatic rings. The highest BCUT2D eigenvalue weighted by molar-refractivity contribution is 5.81. The quantitative estimate of drug-likeness (QED) is 0.760. The molecule has 3 atom stereocenters. The lowest BCUT2D eigenvalue weighted by Crippen LogP contribution is -2.44. The number of nitrogens with one attached hydrogen (secondary N) is 2. The number of aromatic nitrogens is 2. The molecule has 0 unspecified atom stereocenters. The van der Waals surface area contributed by atoms with Gasteiger partial charge in [0.15, 0.2) is 0 Å². The molecular formula is C21H24N4. The van der Waals surface area contributed by atoms with Crippen molar-refractivity contribution in [3.05, 3.63) is 59.8 Å². The minimum absolute atomic E-state index is 0.550. The molecule has 5 rings (SSSR count). The largest absolute Gasteiger partial charge is 0.381 e. The maximum absolute atomic E-state index is 4.12. The Morgan fingerprint density at radius 3 is 2.88 bits per heavy atom. The molecule has 0 radical (unpaired) electrons. The number of benzene rings is 2. The van der Waals surface area contributed by atoms with Gasteiger partial charge in [-0.2, -0.15) is 5.10 Å². The van der Waals surface area contributed by atoms with Gasteiger partial charge in [0.05, 0.1) is 11.7 Å². The first-order valence-corrected chi connectivity index (χ1v) is 9.24. The van der Waals surface area contributed by atoms with Crippen molar-refractivity contribution in [3.63, 3.8) is 0 Å². The standard InChI is InChI=1S/C21H24N4/c1-14-2-4-15(5-3-14)12-25-13-16-8-20(21(25)9-16)23-18-6-7-19-17(10-18)11-22-24-19/h2-7,10-11,16,20-21,23H,8-9,12-13H2,1H3,(H,22,24)/t16-,20+,21-/m1/s1. The van der Waals surface area contributed by atoms with E-state index >= 15 is 0 Å². The summed E-state index contributed by atoms with van der Waals surface area (Å²) in [5.41, 5.74) is 5.07. The molecule has 2 heterocycles. The van der Waals surface area contributed by atoms with E-state index in [9.17, 15) is 0 Å². The number of H-pyrrole nitrogens is 1. The third-order valence-electron chi connectivity index (χ3n) is 5.89. The SMILES string of the molecule is Cc1ccc(CN2C[C@@H]3C[C@H](Nc4ccc5[nH]ncc5c4)[C@H]2C3)cc1. The molecule has 1 aromatic heterocycles. The van der Waals surface area contributed by atoms with Crippen molar-refractivity contribution >= 4 is 16.6 Å². The van der Waals surface area contributed by atoms with Crippen LogP contribution in [0.25, 0.3) is 10.9 Å². The van der Waals surface area contributed by atoms with Crippen molar-refractivity contribution in [1.82, 2.24) is 15.1 Å². The first-order chi connectivity index (χ1) is 12.2. The summed E-state index contributed by atoms with van der Waals surface area (Å²) in [5, 5.41) is 12.1. The van der Waals surface area contributed by atoms with E-state index in [1.807, 2.05) is 6.20 Å². The lowest BCUT2D eigenvalue weighted by atomic mass is 10.0. The van der Waals surface area contributed by atoms with Gasteiger partial charge < -0.3 is 5.32 Å². The number of aromatic amines is 1. The number of anilines is 1. The van der Waals surface area contributed by atoms with E-state index in [0.717, 1.165) is 18.0 Å². The van der Waals surface area contributed by atoms with Gasteiger partial charge in [0.1, 0.15) is 0 Å². The molecule has 25 heavy (non-hydrogen) atoms. The summed E-state index contributed by atoms with van der Waals surface area (Å²) in [7, 11) is 0. The molecule has 2 fully saturated rings. The number of hydrogen-bond donors (Lipinski definition) is 2. The van der Waals surface area contributed by atoms with Crippen LogP contribution in [0.4, 0.5) is 5.69 Å². The number of nitrogens with zero attached hydrogens (tertiary/aromatic N) is 2. The Labute approximate surface area is 148 Å². The van der Waals surface area contributed by atoms with Crippen LogP contribution in [0.15, 0.2) is 48.7 Å². The Hall–Kier alpha value is -2.33. The Morgan fingerprint density at radius 2 is 2.04 bits per heavy atom. The van der Waals surface area contributed by atoms with Gasteiger partial charge in [-0.3, -0.25) is 10.00 Å². The molecule has 2 bridgehead atoms. The van der Waals surface area contributed by atoms with Gasteiger partial charge in [-0.05, 0) is 49.4 Å². The normalized spacial score (nSPS) is 25.7. The van der Waals surface area contributed by atoms with E-state index in [4.69, 9.17) is 0 Å². The first kappa shape index (κ1) is 15.0. The summed E-state index contributed by atoms with van der Waals surface area (Å²) in [6, 6.07) is 16.7. The van der Waals surface area contributed by atoms with Crippen LogP contribution in [0.2, 0.25) is 0 Å². The third-order valence-corrected chi connectivity index (χ3v) is 5.89. The fraction of sp³-hybridized carbons (Fsp3) is 0.381. The van der Waals surface area contributed by atoms with E-state index in [-0.39, 0.29) is 0 Å². The predicted octanol–water partition coefficient (Wildman–Crippen LogP) is 3.95. The number of piperidine rings is 1. The van der Waals surface area contributed by atoms with Gasteiger partial charge in [0.25, 0.3) is 0 Å². The zero-order valence-electron chi connectivity index (χ0n) is 14.6. The van der Waals surface area contributed by atoms with Crippen LogP contribution in [-0.4, -0.2) is 33.7 Å². The van der Waals surface area contributed by atoms with Crippen LogP contribution < -0.4 is 5.32 Å². The average Bonchev–Trinajstić information content (AvgIpc) is 3.31. The van der Waals surface area contributed by atoms with Crippen LogP contribution in [0.1, 0.15) is 24.0 Å². The van der Waals surface area contributed by atoms with Crippen molar-refractivity contribution < 1.29 is 0 Å². The molecule has 1 aliphatic heterocycles. The summed E-state index contributed by atoms with van der Waals surface area (Å²) in [4.78, 5) is 2.67. The highest BCUT2D eigenvalue weighted by Crippen LogP contribution is 2.40. The number of aryl methyl sites for hydroxylation is 1. The molecular weight excluding hydrogens is 308 g/mol. The zero-order valence-corrected chi connectivity index (χ0v) is 14.6. The van der Waals surface area contributed by atoms with Crippen molar-refractivity contribution in [3.8, 4) is 0 Å². The van der Waals surface area contributed by atoms with Gasteiger partial charge in [0.2, 0.25) is 0 Å². The average molecular weight is 332 g/mol. The number of fused-ring (bicyclic) bond motifs is 3. The Morgan fingerprint density at radius 1 is 1.16 bits per heavy atom. The predicted molar refractivity (Wildman–Crippen MR) is 102 cm³/mol. The second-order valence-electron chi connectivity index (χ2n) is 7.74. The van der Waals surface area contributed by atoms with Gasteiger partial charge in [0, 0.05) is 36.2 Å². The van der Waals surface area contributed by atoms with E-state index in [2.05, 4.69) is 69.8 Å². The van der Waals surface area contributed by atoms with Crippen molar-refractivity contribution in [2.45, 2.75) is 38.4 Å². The van der Waals surface area contributed by atoms with Crippen molar-refractivity contribution in [1.29, 1.82) is 0 Å². The Kier molecular flexibility index (Phi) is 3.52. The molecule has 0 amide bonds. The highest BCUT2D eigenvalue weighted by atomic mass is 15.2. The van der Waals surface area contributed by atoms with Gasteiger partial charge >= 0.3 is 0 Å². The molecule has 1 aliphatic carbocycles. The monoisotopic (exact) mass is 332 g/mol. The molecule has 2 aliphatic rings. The lowest BCUT2D eigenvalue weighted by Gasteiger charge is -2.34. The molecule has 4 nitrogen and oxygen atoms in total. The van der Waals surface area contributed by atoms with Crippen molar-refractivity contribution in [2.75, 3.05) is 11.9 Å². The van der Waals surface area contributed by atoms with Crippen LogP contribution in [0, 0.1) is 12.8 Å². The second-order valence-corrected chi connectivity index (χ2v) is 7.74. The third kappa shape index (κ3) is 2.81. The molecule has 1 saturated carbocycles. The lowest BCUT2D eigenvalue weighted by molar-refractivity contribution is 0.192. The van der Waals surface area contributed by atoms with E-state index in [1.165, 1.54) is 41.6 Å². The van der Waals surface area contributed by atoms with Crippen LogP contribution in [-0.2, 0) is 6.54 Å². The summed E-state index contributed by atoms with van der Waals surface area (Å²) in [6.07, 6.45) is 4.51. The Balaban J connectivity index is 1.30. The molecule has 0 spiro atoms. The maximum Gasteiger partial charge on any atom is 0.0651 e. The van der Waals surface area contributed by atoms with Crippen LogP contribution in [0.3, 0.4) is 0 Å². The van der Waals surface area contributed by atoms with Crippen LogP contribution in [0.5, 0.6) is 0 Å². The molecule has 128 valence electrons. The number of likely N-dealkylation sites (tertiary alicyclic amines) is 1. The zero-order chi connectivity index (χ0) is 16.8. The Bertz CT molecular complexity index is 882. The van der Waals surface area contributed by atoms with E-state index in [1.54, 1.807) is 0 Å². The summed E-state index contributed by atoms with van der Waals surface area (Å²) < 4.78 is 0. The molecule has 2 aromatic carbocycles. The highest BCUT2D eigenvalue weighted by Gasteiger charge is 2.44. The van der Waals surface area contributed by atoms with Gasteiger partial charge in [-0.1, -0.05) is 29.8 Å².